The SMILES string of the molecule is [CH2]CC(CCCCC)O[Si](C)(C)C(C)(C)C. The molecule has 0 aliphatic carbocycles. The van der Waals surface area contributed by atoms with Gasteiger partial charge in [0.1, 0.15) is 0 Å². The zero-order valence-electron chi connectivity index (χ0n) is 12.2. The molecule has 0 aromatic rings. The van der Waals surface area contributed by atoms with Crippen LogP contribution in [-0.2, 0) is 4.43 Å². The summed E-state index contributed by atoms with van der Waals surface area (Å²) in [5.74, 6) is 0. The fourth-order valence-electron chi connectivity index (χ4n) is 1.48. The Hall–Kier alpha value is 0.177. The molecule has 0 fully saturated rings. The summed E-state index contributed by atoms with van der Waals surface area (Å²) < 4.78 is 6.37. The van der Waals surface area contributed by atoms with E-state index in [1.807, 2.05) is 0 Å². The van der Waals surface area contributed by atoms with E-state index in [1.165, 1.54) is 25.7 Å². The van der Waals surface area contributed by atoms with Crippen LogP contribution in [0.15, 0.2) is 0 Å². The summed E-state index contributed by atoms with van der Waals surface area (Å²) in [5.41, 5.74) is 0. The van der Waals surface area contributed by atoms with Gasteiger partial charge in [-0.1, -0.05) is 53.9 Å². The molecule has 0 saturated carbocycles. The molecule has 0 saturated heterocycles. The molecule has 0 aliphatic heterocycles. The summed E-state index contributed by atoms with van der Waals surface area (Å²) in [6.45, 7) is 17.8. The lowest BCUT2D eigenvalue weighted by Gasteiger charge is -2.39. The summed E-state index contributed by atoms with van der Waals surface area (Å²) in [7, 11) is -1.59. The Morgan fingerprint density at radius 3 is 2.12 bits per heavy atom. The first-order valence-electron chi connectivity index (χ1n) is 6.71. The van der Waals surface area contributed by atoms with E-state index in [4.69, 9.17) is 4.43 Å². The molecule has 0 aromatic carbocycles. The number of unbranched alkanes of at least 4 members (excludes halogenated alkanes) is 2. The third kappa shape index (κ3) is 5.49. The maximum Gasteiger partial charge on any atom is 0.192 e. The van der Waals surface area contributed by atoms with Crippen LogP contribution in [0.25, 0.3) is 0 Å². The first-order chi connectivity index (χ1) is 7.24. The second-order valence-corrected chi connectivity index (χ2v) is 11.0. The van der Waals surface area contributed by atoms with Crippen molar-refractivity contribution in [3.63, 3.8) is 0 Å². The van der Waals surface area contributed by atoms with Crippen molar-refractivity contribution in [3.8, 4) is 0 Å². The molecule has 0 rings (SSSR count). The van der Waals surface area contributed by atoms with Crippen LogP contribution in [0, 0.1) is 6.92 Å². The third-order valence-corrected chi connectivity index (χ3v) is 8.25. The minimum atomic E-state index is -1.59. The van der Waals surface area contributed by atoms with Gasteiger partial charge in [0.25, 0.3) is 0 Å². The molecule has 1 unspecified atom stereocenters. The molecule has 97 valence electrons. The monoisotopic (exact) mass is 243 g/mol. The smallest absolute Gasteiger partial charge is 0.192 e. The normalized spacial score (nSPS) is 15.2. The van der Waals surface area contributed by atoms with Crippen LogP contribution >= 0.6 is 0 Å². The second-order valence-electron chi connectivity index (χ2n) is 6.28. The van der Waals surface area contributed by atoms with E-state index < -0.39 is 8.32 Å². The van der Waals surface area contributed by atoms with Crippen molar-refractivity contribution in [2.24, 2.45) is 0 Å². The Kier molecular flexibility index (Phi) is 6.88. The van der Waals surface area contributed by atoms with Crippen molar-refractivity contribution < 1.29 is 4.43 Å². The topological polar surface area (TPSA) is 9.23 Å². The van der Waals surface area contributed by atoms with Gasteiger partial charge in [-0.05, 0) is 31.0 Å². The zero-order valence-corrected chi connectivity index (χ0v) is 13.2. The minimum absolute atomic E-state index is 0.311. The molecule has 1 radical (unpaired) electrons. The molecule has 0 amide bonds. The average Bonchev–Trinajstić information content (AvgIpc) is 2.14. The van der Waals surface area contributed by atoms with E-state index in [0.29, 0.717) is 11.1 Å². The van der Waals surface area contributed by atoms with E-state index in [-0.39, 0.29) is 0 Å². The van der Waals surface area contributed by atoms with Crippen molar-refractivity contribution >= 4 is 8.32 Å². The minimum Gasteiger partial charge on any atom is -0.414 e. The number of rotatable bonds is 7. The zero-order chi connectivity index (χ0) is 12.8. The summed E-state index contributed by atoms with van der Waals surface area (Å²) in [5, 5.41) is 0.311. The second kappa shape index (κ2) is 6.80. The lowest BCUT2D eigenvalue weighted by Crippen LogP contribution is -2.43. The molecular formula is C14H31OSi. The Labute approximate surface area is 104 Å². The van der Waals surface area contributed by atoms with Gasteiger partial charge in [-0.3, -0.25) is 0 Å². The first-order valence-corrected chi connectivity index (χ1v) is 9.62. The van der Waals surface area contributed by atoms with Gasteiger partial charge in [-0.2, -0.15) is 0 Å². The Balaban J connectivity index is 4.20. The van der Waals surface area contributed by atoms with Crippen molar-refractivity contribution in [3.05, 3.63) is 6.92 Å². The van der Waals surface area contributed by atoms with Crippen LogP contribution in [0.3, 0.4) is 0 Å². The van der Waals surface area contributed by atoms with Crippen LogP contribution in [-0.4, -0.2) is 14.4 Å². The summed E-state index contributed by atoms with van der Waals surface area (Å²) in [6.07, 6.45) is 6.36. The molecule has 0 N–H and O–H groups in total. The van der Waals surface area contributed by atoms with E-state index in [9.17, 15) is 0 Å². The van der Waals surface area contributed by atoms with Crippen LogP contribution < -0.4 is 0 Å². The van der Waals surface area contributed by atoms with Crippen LogP contribution in [0.2, 0.25) is 18.1 Å². The van der Waals surface area contributed by atoms with E-state index in [0.717, 1.165) is 6.42 Å². The molecule has 1 atom stereocenters. The van der Waals surface area contributed by atoms with Gasteiger partial charge in [0.2, 0.25) is 0 Å². The van der Waals surface area contributed by atoms with Gasteiger partial charge in [0, 0.05) is 6.10 Å². The molecular weight excluding hydrogens is 212 g/mol. The predicted octanol–water partition coefficient (Wildman–Crippen LogP) is 5.18. The molecule has 0 heterocycles. The largest absolute Gasteiger partial charge is 0.414 e. The van der Waals surface area contributed by atoms with Crippen molar-refractivity contribution in [2.45, 2.75) is 84.0 Å². The Morgan fingerprint density at radius 2 is 1.75 bits per heavy atom. The third-order valence-electron chi connectivity index (χ3n) is 3.72. The highest BCUT2D eigenvalue weighted by molar-refractivity contribution is 6.74. The molecule has 2 heteroatoms. The number of hydrogen-bond donors (Lipinski definition) is 0. The predicted molar refractivity (Wildman–Crippen MR) is 76.2 cm³/mol. The standard InChI is InChI=1S/C14H31OSi/c1-8-10-11-12-13(9-2)15-16(6,7)14(3,4)5/h13H,2,8-12H2,1,3-7H3. The highest BCUT2D eigenvalue weighted by Crippen LogP contribution is 2.38. The van der Waals surface area contributed by atoms with Crippen LogP contribution in [0.4, 0.5) is 0 Å². The van der Waals surface area contributed by atoms with E-state index in [2.05, 4.69) is 47.7 Å². The molecule has 0 aliphatic rings. The quantitative estimate of drug-likeness (QED) is 0.442. The van der Waals surface area contributed by atoms with Crippen molar-refractivity contribution in [2.75, 3.05) is 0 Å². The van der Waals surface area contributed by atoms with E-state index in [1.54, 1.807) is 0 Å². The molecule has 1 nitrogen and oxygen atoms in total. The fourth-order valence-corrected chi connectivity index (χ4v) is 2.90. The van der Waals surface area contributed by atoms with Crippen LogP contribution in [0.1, 0.15) is 59.8 Å². The Bertz CT molecular complexity index is 182. The molecule has 0 aromatic heterocycles. The molecule has 16 heavy (non-hydrogen) atoms. The first kappa shape index (κ1) is 16.2. The summed E-state index contributed by atoms with van der Waals surface area (Å²) >= 11 is 0. The van der Waals surface area contributed by atoms with Gasteiger partial charge >= 0.3 is 0 Å². The average molecular weight is 243 g/mol. The highest BCUT2D eigenvalue weighted by Gasteiger charge is 2.38. The summed E-state index contributed by atoms with van der Waals surface area (Å²) in [4.78, 5) is 0. The maximum atomic E-state index is 6.37. The van der Waals surface area contributed by atoms with Crippen LogP contribution in [0.5, 0.6) is 0 Å². The Morgan fingerprint density at radius 1 is 1.19 bits per heavy atom. The van der Waals surface area contributed by atoms with Crippen molar-refractivity contribution in [1.29, 1.82) is 0 Å². The van der Waals surface area contributed by atoms with Gasteiger partial charge in [0.15, 0.2) is 8.32 Å². The van der Waals surface area contributed by atoms with Gasteiger partial charge < -0.3 is 4.43 Å². The van der Waals surface area contributed by atoms with E-state index >= 15 is 0 Å². The summed E-state index contributed by atoms with van der Waals surface area (Å²) in [6, 6.07) is 0. The van der Waals surface area contributed by atoms with Gasteiger partial charge in [-0.15, -0.1) is 0 Å². The molecule has 0 spiro atoms. The highest BCUT2D eigenvalue weighted by atomic mass is 28.4. The van der Waals surface area contributed by atoms with Crippen molar-refractivity contribution in [1.82, 2.24) is 0 Å². The number of hydrogen-bond acceptors (Lipinski definition) is 1. The lowest BCUT2D eigenvalue weighted by molar-refractivity contribution is 0.169. The molecule has 0 bridgehead atoms. The fraction of sp³-hybridized carbons (Fsp3) is 0.929. The van der Waals surface area contributed by atoms with Gasteiger partial charge in [0.05, 0.1) is 0 Å². The maximum absolute atomic E-state index is 6.37. The lowest BCUT2D eigenvalue weighted by atomic mass is 10.1. The van der Waals surface area contributed by atoms with Gasteiger partial charge in [-0.25, -0.2) is 0 Å².